The lowest BCUT2D eigenvalue weighted by Gasteiger charge is -2.20. The SMILES string of the molecule is COc1ccc(OC)c2sc(N(Cc3cccnc3)C(=O)COc3ccc(F)cc3)nc12. The van der Waals surface area contributed by atoms with E-state index >= 15 is 0 Å². The van der Waals surface area contributed by atoms with Gasteiger partial charge in [-0.2, -0.15) is 0 Å². The molecule has 1 amide bonds. The molecule has 4 rings (SSSR count). The van der Waals surface area contributed by atoms with Crippen LogP contribution in [0, 0.1) is 5.82 Å². The van der Waals surface area contributed by atoms with Gasteiger partial charge >= 0.3 is 0 Å². The van der Waals surface area contributed by atoms with Crippen molar-refractivity contribution in [3.63, 3.8) is 0 Å². The molecular weight excluding hydrogens is 433 g/mol. The van der Waals surface area contributed by atoms with Gasteiger partial charge < -0.3 is 14.2 Å². The zero-order valence-corrected chi connectivity index (χ0v) is 18.3. The van der Waals surface area contributed by atoms with Crippen LogP contribution in [0.25, 0.3) is 10.2 Å². The number of halogens is 1. The van der Waals surface area contributed by atoms with Gasteiger partial charge in [0.25, 0.3) is 5.91 Å². The summed E-state index contributed by atoms with van der Waals surface area (Å²) in [6, 6.07) is 12.8. The number of hydrogen-bond acceptors (Lipinski definition) is 7. The third-order valence-corrected chi connectivity index (χ3v) is 5.76. The molecule has 0 aliphatic heterocycles. The second kappa shape index (κ2) is 9.61. The molecule has 0 saturated carbocycles. The lowest BCUT2D eigenvalue weighted by Crippen LogP contribution is -2.34. The molecule has 0 unspecified atom stereocenters. The molecule has 0 atom stereocenters. The Morgan fingerprint density at radius 1 is 1.06 bits per heavy atom. The van der Waals surface area contributed by atoms with Crippen molar-refractivity contribution in [3.8, 4) is 17.2 Å². The molecule has 0 aliphatic carbocycles. The Morgan fingerprint density at radius 2 is 1.81 bits per heavy atom. The van der Waals surface area contributed by atoms with Gasteiger partial charge in [-0.1, -0.05) is 17.4 Å². The molecule has 2 heterocycles. The topological polar surface area (TPSA) is 73.8 Å². The van der Waals surface area contributed by atoms with E-state index < -0.39 is 0 Å². The third kappa shape index (κ3) is 4.62. The normalized spacial score (nSPS) is 10.7. The molecule has 0 radical (unpaired) electrons. The predicted molar refractivity (Wildman–Crippen MR) is 120 cm³/mol. The van der Waals surface area contributed by atoms with Crippen molar-refractivity contribution < 1.29 is 23.4 Å². The molecule has 164 valence electrons. The Balaban J connectivity index is 1.67. The molecule has 0 bridgehead atoms. The minimum atomic E-state index is -0.376. The average molecular weight is 453 g/mol. The number of ether oxygens (including phenoxy) is 3. The highest BCUT2D eigenvalue weighted by Crippen LogP contribution is 2.40. The van der Waals surface area contributed by atoms with Crippen LogP contribution >= 0.6 is 11.3 Å². The number of fused-ring (bicyclic) bond motifs is 1. The maximum atomic E-state index is 13.2. The van der Waals surface area contributed by atoms with Crippen LogP contribution in [0.2, 0.25) is 0 Å². The first-order valence-corrected chi connectivity index (χ1v) is 10.5. The Hall–Kier alpha value is -3.72. The van der Waals surface area contributed by atoms with Crippen molar-refractivity contribution in [2.75, 3.05) is 25.7 Å². The standard InChI is InChI=1S/C23H20FN3O4S/c1-29-18-9-10-19(30-2)22-21(18)26-23(32-22)27(13-15-4-3-11-25-12-15)20(28)14-31-17-7-5-16(24)6-8-17/h3-12H,13-14H2,1-2H3. The number of thiazole rings is 1. The van der Waals surface area contributed by atoms with E-state index in [-0.39, 0.29) is 24.9 Å². The third-order valence-electron chi connectivity index (χ3n) is 4.67. The number of anilines is 1. The summed E-state index contributed by atoms with van der Waals surface area (Å²) in [6.07, 6.45) is 3.36. The molecule has 2 aromatic heterocycles. The van der Waals surface area contributed by atoms with E-state index in [0.717, 1.165) is 10.3 Å². The summed E-state index contributed by atoms with van der Waals surface area (Å²) in [4.78, 5) is 23.5. The second-order valence-electron chi connectivity index (χ2n) is 6.73. The van der Waals surface area contributed by atoms with Crippen LogP contribution in [0.5, 0.6) is 17.2 Å². The number of carbonyl (C=O) groups is 1. The summed E-state index contributed by atoms with van der Waals surface area (Å²) in [7, 11) is 3.14. The number of benzene rings is 2. The molecule has 0 N–H and O–H groups in total. The van der Waals surface area contributed by atoms with Crippen molar-refractivity contribution in [1.82, 2.24) is 9.97 Å². The molecule has 0 spiro atoms. The Kier molecular flexibility index (Phi) is 6.46. The Bertz CT molecular complexity index is 1170. The van der Waals surface area contributed by atoms with Crippen LogP contribution in [0.1, 0.15) is 5.56 Å². The van der Waals surface area contributed by atoms with Crippen LogP contribution in [-0.2, 0) is 11.3 Å². The van der Waals surface area contributed by atoms with E-state index in [1.165, 1.54) is 40.5 Å². The summed E-state index contributed by atoms with van der Waals surface area (Å²) in [6.45, 7) is 0.0139. The minimum Gasteiger partial charge on any atom is -0.495 e. The molecule has 4 aromatic rings. The first-order chi connectivity index (χ1) is 15.6. The number of carbonyl (C=O) groups excluding carboxylic acids is 1. The van der Waals surface area contributed by atoms with Gasteiger partial charge in [0.05, 0.1) is 20.8 Å². The van der Waals surface area contributed by atoms with Gasteiger partial charge in [-0.05, 0) is 48.0 Å². The van der Waals surface area contributed by atoms with Gasteiger partial charge in [0.1, 0.15) is 33.3 Å². The van der Waals surface area contributed by atoms with E-state index in [9.17, 15) is 9.18 Å². The highest BCUT2D eigenvalue weighted by Gasteiger charge is 2.23. The summed E-state index contributed by atoms with van der Waals surface area (Å²) in [5, 5.41) is 0.472. The fourth-order valence-corrected chi connectivity index (χ4v) is 4.17. The summed E-state index contributed by atoms with van der Waals surface area (Å²) in [5.74, 6) is 0.934. The van der Waals surface area contributed by atoms with Gasteiger partial charge in [-0.25, -0.2) is 9.37 Å². The van der Waals surface area contributed by atoms with E-state index in [0.29, 0.717) is 27.9 Å². The number of hydrogen-bond donors (Lipinski definition) is 0. The molecule has 7 nitrogen and oxygen atoms in total. The molecule has 32 heavy (non-hydrogen) atoms. The average Bonchev–Trinajstić information content (AvgIpc) is 3.27. The molecule has 2 aromatic carbocycles. The zero-order chi connectivity index (χ0) is 22.5. The van der Waals surface area contributed by atoms with E-state index in [1.54, 1.807) is 44.8 Å². The highest BCUT2D eigenvalue weighted by molar-refractivity contribution is 7.22. The number of methoxy groups -OCH3 is 2. The maximum Gasteiger partial charge on any atom is 0.267 e. The van der Waals surface area contributed by atoms with Gasteiger partial charge in [-0.3, -0.25) is 14.7 Å². The van der Waals surface area contributed by atoms with E-state index in [1.807, 2.05) is 6.07 Å². The molecule has 9 heteroatoms. The van der Waals surface area contributed by atoms with Gasteiger partial charge in [-0.15, -0.1) is 0 Å². The predicted octanol–water partition coefficient (Wildman–Crippen LogP) is 4.46. The Morgan fingerprint density at radius 3 is 2.50 bits per heavy atom. The molecule has 0 saturated heterocycles. The first-order valence-electron chi connectivity index (χ1n) is 9.68. The number of rotatable bonds is 8. The van der Waals surface area contributed by atoms with Gasteiger partial charge in [0, 0.05) is 12.4 Å². The monoisotopic (exact) mass is 453 g/mol. The van der Waals surface area contributed by atoms with Gasteiger partial charge in [0.15, 0.2) is 11.7 Å². The van der Waals surface area contributed by atoms with E-state index in [4.69, 9.17) is 14.2 Å². The fourth-order valence-electron chi connectivity index (χ4n) is 3.08. The van der Waals surface area contributed by atoms with Crippen molar-refractivity contribution in [3.05, 3.63) is 72.3 Å². The quantitative estimate of drug-likeness (QED) is 0.392. The summed E-state index contributed by atoms with van der Waals surface area (Å²) < 4.78 is 30.4. The van der Waals surface area contributed by atoms with Crippen LogP contribution in [0.15, 0.2) is 60.9 Å². The molecule has 0 fully saturated rings. The van der Waals surface area contributed by atoms with Crippen molar-refractivity contribution in [2.24, 2.45) is 0 Å². The number of pyridine rings is 1. The maximum absolute atomic E-state index is 13.2. The van der Waals surface area contributed by atoms with Crippen LogP contribution in [0.4, 0.5) is 9.52 Å². The molecule has 0 aliphatic rings. The molecular formula is C23H20FN3O4S. The fraction of sp³-hybridized carbons (Fsp3) is 0.174. The van der Waals surface area contributed by atoms with Crippen LogP contribution in [0.3, 0.4) is 0 Å². The lowest BCUT2D eigenvalue weighted by atomic mass is 10.2. The van der Waals surface area contributed by atoms with Crippen molar-refractivity contribution in [2.45, 2.75) is 6.54 Å². The highest BCUT2D eigenvalue weighted by atomic mass is 32.1. The Labute approximate surface area is 188 Å². The largest absolute Gasteiger partial charge is 0.495 e. The smallest absolute Gasteiger partial charge is 0.267 e. The lowest BCUT2D eigenvalue weighted by molar-refractivity contribution is -0.120. The van der Waals surface area contributed by atoms with Gasteiger partial charge in [0.2, 0.25) is 0 Å². The van der Waals surface area contributed by atoms with Crippen LogP contribution in [-0.4, -0.2) is 36.7 Å². The summed E-state index contributed by atoms with van der Waals surface area (Å²) in [5.41, 5.74) is 1.44. The number of aromatic nitrogens is 2. The van der Waals surface area contributed by atoms with E-state index in [2.05, 4.69) is 9.97 Å². The number of nitrogens with zero attached hydrogens (tertiary/aromatic N) is 3. The van der Waals surface area contributed by atoms with Crippen LogP contribution < -0.4 is 19.1 Å². The van der Waals surface area contributed by atoms with Crippen molar-refractivity contribution >= 4 is 32.6 Å². The number of amides is 1. The van der Waals surface area contributed by atoms with Crippen molar-refractivity contribution in [1.29, 1.82) is 0 Å². The minimum absolute atomic E-state index is 0.240. The zero-order valence-electron chi connectivity index (χ0n) is 17.4. The summed E-state index contributed by atoms with van der Waals surface area (Å²) >= 11 is 1.32. The first kappa shape index (κ1) is 21.5. The second-order valence-corrected chi connectivity index (χ2v) is 7.71.